The van der Waals surface area contributed by atoms with Gasteiger partial charge >= 0.3 is 0 Å². The van der Waals surface area contributed by atoms with Crippen molar-refractivity contribution in [2.24, 2.45) is 0 Å². The lowest BCUT2D eigenvalue weighted by Gasteiger charge is -2.25. The van der Waals surface area contributed by atoms with Gasteiger partial charge in [0.25, 0.3) is 5.91 Å². The van der Waals surface area contributed by atoms with Crippen LogP contribution in [0.1, 0.15) is 14.5 Å². The largest absolute Gasteiger partial charge is 0.336 e. The molecule has 0 spiro atoms. The van der Waals surface area contributed by atoms with Crippen molar-refractivity contribution in [3.63, 3.8) is 0 Å². The average molecular weight is 243 g/mol. The summed E-state index contributed by atoms with van der Waals surface area (Å²) in [6.07, 6.45) is 0. The van der Waals surface area contributed by atoms with E-state index in [1.54, 1.807) is 4.90 Å². The van der Waals surface area contributed by atoms with E-state index in [9.17, 15) is 9.00 Å². The van der Waals surface area contributed by atoms with Crippen LogP contribution in [0.15, 0.2) is 12.1 Å². The molecule has 1 fully saturated rings. The Hall–Kier alpha value is -0.680. The number of nitrogens with zero attached hydrogens (tertiary/aromatic N) is 1. The Morgan fingerprint density at radius 3 is 2.60 bits per heavy atom. The lowest BCUT2D eigenvalue weighted by Crippen LogP contribution is -2.41. The van der Waals surface area contributed by atoms with Crippen LogP contribution < -0.4 is 0 Å². The van der Waals surface area contributed by atoms with Crippen molar-refractivity contribution in [2.45, 2.75) is 6.92 Å². The summed E-state index contributed by atoms with van der Waals surface area (Å²) >= 11 is 1.52. The molecule has 2 heterocycles. The Labute approximate surface area is 95.6 Å². The first-order valence-electron chi connectivity index (χ1n) is 4.87. The lowest BCUT2D eigenvalue weighted by atomic mass is 10.3. The molecule has 0 unspecified atom stereocenters. The quantitative estimate of drug-likeness (QED) is 0.744. The summed E-state index contributed by atoms with van der Waals surface area (Å²) in [5, 5.41) is 0. The third-order valence-electron chi connectivity index (χ3n) is 2.42. The fourth-order valence-electron chi connectivity index (χ4n) is 1.55. The summed E-state index contributed by atoms with van der Waals surface area (Å²) in [4.78, 5) is 15.7. The van der Waals surface area contributed by atoms with Crippen molar-refractivity contribution in [2.75, 3.05) is 24.6 Å². The molecule has 1 aromatic heterocycles. The minimum Gasteiger partial charge on any atom is -0.336 e. The molecule has 0 atom stereocenters. The van der Waals surface area contributed by atoms with Gasteiger partial charge in [-0.2, -0.15) is 0 Å². The second-order valence-electron chi connectivity index (χ2n) is 3.55. The summed E-state index contributed by atoms with van der Waals surface area (Å²) in [6, 6.07) is 3.83. The van der Waals surface area contributed by atoms with Gasteiger partial charge in [0.05, 0.1) is 4.88 Å². The van der Waals surface area contributed by atoms with Crippen LogP contribution in [0.4, 0.5) is 0 Å². The van der Waals surface area contributed by atoms with Crippen LogP contribution in [0.3, 0.4) is 0 Å². The summed E-state index contributed by atoms with van der Waals surface area (Å²) in [5.41, 5.74) is 0. The van der Waals surface area contributed by atoms with E-state index in [1.165, 1.54) is 11.3 Å². The second-order valence-corrected chi connectivity index (χ2v) is 6.53. The fourth-order valence-corrected chi connectivity index (χ4v) is 3.43. The van der Waals surface area contributed by atoms with E-state index in [2.05, 4.69) is 0 Å². The van der Waals surface area contributed by atoms with Crippen LogP contribution in [-0.4, -0.2) is 39.6 Å². The first-order chi connectivity index (χ1) is 7.16. The molecule has 1 aliphatic rings. The van der Waals surface area contributed by atoms with Gasteiger partial charge in [0, 0.05) is 40.3 Å². The highest BCUT2D eigenvalue weighted by Crippen LogP contribution is 2.17. The van der Waals surface area contributed by atoms with E-state index in [0.29, 0.717) is 24.6 Å². The zero-order valence-electron chi connectivity index (χ0n) is 8.56. The van der Waals surface area contributed by atoms with Crippen LogP contribution in [0, 0.1) is 6.92 Å². The highest BCUT2D eigenvalue weighted by atomic mass is 32.2. The maximum Gasteiger partial charge on any atom is 0.263 e. The molecule has 1 aromatic rings. The molecule has 15 heavy (non-hydrogen) atoms. The van der Waals surface area contributed by atoms with Gasteiger partial charge in [-0.3, -0.25) is 9.00 Å². The Morgan fingerprint density at radius 1 is 1.40 bits per heavy atom. The van der Waals surface area contributed by atoms with Crippen molar-refractivity contribution in [1.29, 1.82) is 0 Å². The number of amides is 1. The van der Waals surface area contributed by atoms with Crippen molar-refractivity contribution >= 4 is 28.0 Å². The monoisotopic (exact) mass is 243 g/mol. The fraction of sp³-hybridized carbons (Fsp3) is 0.500. The topological polar surface area (TPSA) is 37.4 Å². The van der Waals surface area contributed by atoms with Gasteiger partial charge in [-0.15, -0.1) is 11.3 Å². The molecule has 0 aromatic carbocycles. The van der Waals surface area contributed by atoms with Gasteiger partial charge in [-0.25, -0.2) is 0 Å². The van der Waals surface area contributed by atoms with Crippen molar-refractivity contribution in [3.8, 4) is 0 Å². The predicted octanol–water partition coefficient (Wildman–Crippen LogP) is 1.26. The standard InChI is InChI=1S/C10H13NO2S2/c1-8-2-3-9(14-8)10(12)11-4-6-15(13)7-5-11/h2-3H,4-7H2,1H3. The normalized spacial score (nSPS) is 18.1. The molecule has 0 radical (unpaired) electrons. The molecule has 82 valence electrons. The first-order valence-corrected chi connectivity index (χ1v) is 7.18. The Morgan fingerprint density at radius 2 is 2.07 bits per heavy atom. The van der Waals surface area contributed by atoms with Gasteiger partial charge < -0.3 is 4.90 Å². The molecule has 1 aliphatic heterocycles. The maximum absolute atomic E-state index is 12.0. The Kier molecular flexibility index (Phi) is 3.21. The number of rotatable bonds is 1. The zero-order valence-corrected chi connectivity index (χ0v) is 10.2. The Bertz CT molecular complexity index is 390. The number of carbonyl (C=O) groups excluding carboxylic acids is 1. The summed E-state index contributed by atoms with van der Waals surface area (Å²) in [5.74, 6) is 1.33. The predicted molar refractivity (Wildman–Crippen MR) is 62.8 cm³/mol. The minimum absolute atomic E-state index is 0.0878. The molecule has 3 nitrogen and oxygen atoms in total. The zero-order chi connectivity index (χ0) is 10.8. The van der Waals surface area contributed by atoms with E-state index in [0.717, 1.165) is 9.75 Å². The molecule has 1 amide bonds. The molecule has 5 heteroatoms. The molecule has 0 aliphatic carbocycles. The lowest BCUT2D eigenvalue weighted by molar-refractivity contribution is 0.0776. The maximum atomic E-state index is 12.0. The summed E-state index contributed by atoms with van der Waals surface area (Å²) in [7, 11) is -0.719. The number of hydrogen-bond acceptors (Lipinski definition) is 3. The molecule has 0 saturated carbocycles. The van der Waals surface area contributed by atoms with Gasteiger partial charge in [0.1, 0.15) is 0 Å². The van der Waals surface area contributed by atoms with Crippen LogP contribution in [0.2, 0.25) is 0 Å². The average Bonchev–Trinajstić information content (AvgIpc) is 2.65. The van der Waals surface area contributed by atoms with E-state index in [4.69, 9.17) is 0 Å². The smallest absolute Gasteiger partial charge is 0.263 e. The van der Waals surface area contributed by atoms with Gasteiger partial charge in [0.15, 0.2) is 0 Å². The highest BCUT2D eigenvalue weighted by Gasteiger charge is 2.21. The van der Waals surface area contributed by atoms with Crippen molar-refractivity contribution in [1.82, 2.24) is 4.90 Å². The molecular weight excluding hydrogens is 230 g/mol. The first kappa shape index (κ1) is 10.8. The third kappa shape index (κ3) is 2.46. The number of hydrogen-bond donors (Lipinski definition) is 0. The Balaban J connectivity index is 2.05. The van der Waals surface area contributed by atoms with Gasteiger partial charge in [-0.1, -0.05) is 0 Å². The van der Waals surface area contributed by atoms with Crippen LogP contribution in [0.25, 0.3) is 0 Å². The summed E-state index contributed by atoms with van der Waals surface area (Å²) in [6.45, 7) is 3.25. The highest BCUT2D eigenvalue weighted by molar-refractivity contribution is 7.85. The molecule has 0 N–H and O–H groups in total. The molecule has 1 saturated heterocycles. The number of carbonyl (C=O) groups is 1. The van der Waals surface area contributed by atoms with E-state index in [1.807, 2.05) is 19.1 Å². The van der Waals surface area contributed by atoms with Gasteiger partial charge in [-0.05, 0) is 19.1 Å². The van der Waals surface area contributed by atoms with Gasteiger partial charge in [0.2, 0.25) is 0 Å². The van der Waals surface area contributed by atoms with Crippen LogP contribution in [0.5, 0.6) is 0 Å². The van der Waals surface area contributed by atoms with E-state index < -0.39 is 10.8 Å². The second kappa shape index (κ2) is 4.45. The van der Waals surface area contributed by atoms with Crippen LogP contribution in [-0.2, 0) is 10.8 Å². The van der Waals surface area contributed by atoms with E-state index >= 15 is 0 Å². The molecule has 2 rings (SSSR count). The number of aryl methyl sites for hydroxylation is 1. The molecular formula is C10H13NO2S2. The molecule has 0 bridgehead atoms. The minimum atomic E-state index is -0.719. The SMILES string of the molecule is Cc1ccc(C(=O)N2CCS(=O)CC2)s1. The number of thiophene rings is 1. The van der Waals surface area contributed by atoms with Crippen molar-refractivity contribution < 1.29 is 9.00 Å². The third-order valence-corrected chi connectivity index (χ3v) is 4.68. The summed E-state index contributed by atoms with van der Waals surface area (Å²) < 4.78 is 11.1. The van der Waals surface area contributed by atoms with Crippen molar-refractivity contribution in [3.05, 3.63) is 21.9 Å². The van der Waals surface area contributed by atoms with E-state index in [-0.39, 0.29) is 5.91 Å². The van der Waals surface area contributed by atoms with Crippen LogP contribution >= 0.6 is 11.3 Å².